The summed E-state index contributed by atoms with van der Waals surface area (Å²) in [5.74, 6) is -0.209. The highest BCUT2D eigenvalue weighted by Crippen LogP contribution is 2.17. The molecular weight excluding hydrogens is 316 g/mol. The lowest BCUT2D eigenvalue weighted by Gasteiger charge is -2.08. The topological polar surface area (TPSA) is 68.9 Å². The summed E-state index contributed by atoms with van der Waals surface area (Å²) in [4.78, 5) is 23.8. The lowest BCUT2D eigenvalue weighted by Crippen LogP contribution is -2.31. The van der Waals surface area contributed by atoms with E-state index >= 15 is 0 Å². The van der Waals surface area contributed by atoms with Crippen molar-refractivity contribution >= 4 is 5.91 Å². The Hall–Kier alpha value is -3.15. The number of para-hydroxylation sites is 1. The largest absolute Gasteiger partial charge is 0.350 e. The molecule has 6 heteroatoms. The average molecular weight is 336 g/mol. The van der Waals surface area contributed by atoms with Gasteiger partial charge in [0.2, 0.25) is 5.91 Å². The minimum Gasteiger partial charge on any atom is -0.350 e. The second-order valence-electron chi connectivity index (χ2n) is 5.84. The molecule has 3 rings (SSSR count). The average Bonchev–Trinajstić information content (AvgIpc) is 2.90. The summed E-state index contributed by atoms with van der Waals surface area (Å²) in [5, 5.41) is 7.44. The lowest BCUT2D eigenvalue weighted by molar-refractivity contribution is -0.121. The SMILES string of the molecule is Cc1nn(-c2ccccc2)c(C)c1CNC(=O)Cn1ccccc1=O. The van der Waals surface area contributed by atoms with Crippen molar-refractivity contribution in [1.82, 2.24) is 19.7 Å². The predicted octanol–water partition coefficient (Wildman–Crippen LogP) is 1.97. The van der Waals surface area contributed by atoms with E-state index in [0.29, 0.717) is 6.54 Å². The van der Waals surface area contributed by atoms with Crippen molar-refractivity contribution in [2.45, 2.75) is 26.9 Å². The summed E-state index contributed by atoms with van der Waals surface area (Å²) in [7, 11) is 0. The molecule has 6 nitrogen and oxygen atoms in total. The van der Waals surface area contributed by atoms with Crippen molar-refractivity contribution in [2.75, 3.05) is 0 Å². The normalized spacial score (nSPS) is 10.6. The van der Waals surface area contributed by atoms with Crippen molar-refractivity contribution in [2.24, 2.45) is 0 Å². The van der Waals surface area contributed by atoms with Crippen LogP contribution in [0.5, 0.6) is 0 Å². The molecular formula is C19H20N4O2. The van der Waals surface area contributed by atoms with Crippen LogP contribution in [0.4, 0.5) is 0 Å². The Morgan fingerprint density at radius 1 is 1.08 bits per heavy atom. The molecule has 128 valence electrons. The second kappa shape index (κ2) is 7.17. The van der Waals surface area contributed by atoms with E-state index in [1.807, 2.05) is 48.9 Å². The molecule has 0 bridgehead atoms. The molecule has 3 aromatic rings. The zero-order chi connectivity index (χ0) is 17.8. The number of hydrogen-bond donors (Lipinski definition) is 1. The Balaban J connectivity index is 1.71. The van der Waals surface area contributed by atoms with Gasteiger partial charge in [-0.3, -0.25) is 9.59 Å². The second-order valence-corrected chi connectivity index (χ2v) is 5.84. The van der Waals surface area contributed by atoms with E-state index < -0.39 is 0 Å². The Morgan fingerprint density at radius 2 is 1.80 bits per heavy atom. The Kier molecular flexibility index (Phi) is 4.79. The van der Waals surface area contributed by atoms with Crippen molar-refractivity contribution in [3.63, 3.8) is 0 Å². The minimum absolute atomic E-state index is 0.00455. The van der Waals surface area contributed by atoms with Crippen LogP contribution in [-0.2, 0) is 17.9 Å². The highest BCUT2D eigenvalue weighted by molar-refractivity contribution is 5.75. The van der Waals surface area contributed by atoms with Crippen LogP contribution in [0.15, 0.2) is 59.5 Å². The van der Waals surface area contributed by atoms with Gasteiger partial charge in [0, 0.05) is 30.1 Å². The van der Waals surface area contributed by atoms with Gasteiger partial charge >= 0.3 is 0 Å². The maximum atomic E-state index is 12.1. The molecule has 0 aliphatic rings. The van der Waals surface area contributed by atoms with Crippen molar-refractivity contribution < 1.29 is 4.79 Å². The molecule has 0 aliphatic heterocycles. The molecule has 0 fully saturated rings. The van der Waals surface area contributed by atoms with E-state index in [2.05, 4.69) is 10.4 Å². The van der Waals surface area contributed by atoms with E-state index in [0.717, 1.165) is 22.6 Å². The maximum Gasteiger partial charge on any atom is 0.250 e. The summed E-state index contributed by atoms with van der Waals surface area (Å²) >= 11 is 0. The summed E-state index contributed by atoms with van der Waals surface area (Å²) in [6.45, 7) is 4.29. The van der Waals surface area contributed by atoms with Crippen LogP contribution >= 0.6 is 0 Å². The molecule has 0 unspecified atom stereocenters. The third kappa shape index (κ3) is 3.68. The lowest BCUT2D eigenvalue weighted by atomic mass is 10.2. The molecule has 1 N–H and O–H groups in total. The summed E-state index contributed by atoms with van der Waals surface area (Å²) in [5.41, 5.74) is 3.63. The van der Waals surface area contributed by atoms with Gasteiger partial charge in [0.1, 0.15) is 6.54 Å². The fourth-order valence-corrected chi connectivity index (χ4v) is 2.74. The Morgan fingerprint density at radius 3 is 2.52 bits per heavy atom. The number of carbonyl (C=O) groups is 1. The molecule has 0 saturated heterocycles. The molecule has 0 aliphatic carbocycles. The van der Waals surface area contributed by atoms with Gasteiger partial charge in [-0.15, -0.1) is 0 Å². The molecule has 0 spiro atoms. The minimum atomic E-state index is -0.209. The number of pyridine rings is 1. The zero-order valence-electron chi connectivity index (χ0n) is 14.3. The van der Waals surface area contributed by atoms with Gasteiger partial charge in [0.25, 0.3) is 5.56 Å². The van der Waals surface area contributed by atoms with Gasteiger partial charge in [-0.25, -0.2) is 4.68 Å². The van der Waals surface area contributed by atoms with Crippen LogP contribution in [-0.4, -0.2) is 20.3 Å². The van der Waals surface area contributed by atoms with Gasteiger partial charge in [-0.1, -0.05) is 24.3 Å². The summed E-state index contributed by atoms with van der Waals surface area (Å²) in [6, 6.07) is 14.7. The number of aromatic nitrogens is 3. The molecule has 0 saturated carbocycles. The van der Waals surface area contributed by atoms with Crippen LogP contribution in [0, 0.1) is 13.8 Å². The first-order chi connectivity index (χ1) is 12.1. The quantitative estimate of drug-likeness (QED) is 0.774. The number of aryl methyl sites for hydroxylation is 1. The number of amides is 1. The van der Waals surface area contributed by atoms with Gasteiger partial charge in [0.15, 0.2) is 0 Å². The Bertz CT molecular complexity index is 942. The van der Waals surface area contributed by atoms with Crippen LogP contribution < -0.4 is 10.9 Å². The fourth-order valence-electron chi connectivity index (χ4n) is 2.74. The first-order valence-electron chi connectivity index (χ1n) is 8.09. The van der Waals surface area contributed by atoms with E-state index in [1.54, 1.807) is 18.3 Å². The summed E-state index contributed by atoms with van der Waals surface area (Å²) < 4.78 is 3.25. The predicted molar refractivity (Wildman–Crippen MR) is 95.6 cm³/mol. The standard InChI is InChI=1S/C19H20N4O2/c1-14-17(15(2)23(21-14)16-8-4-3-5-9-16)12-20-18(24)13-22-11-7-6-10-19(22)25/h3-11H,12-13H2,1-2H3,(H,20,24). The van der Waals surface area contributed by atoms with Crippen molar-refractivity contribution in [3.8, 4) is 5.69 Å². The van der Waals surface area contributed by atoms with E-state index in [4.69, 9.17) is 0 Å². The van der Waals surface area contributed by atoms with Gasteiger partial charge in [0.05, 0.1) is 11.4 Å². The number of rotatable bonds is 5. The maximum absolute atomic E-state index is 12.1. The third-order valence-electron chi connectivity index (χ3n) is 4.12. The number of benzene rings is 1. The van der Waals surface area contributed by atoms with Gasteiger partial charge in [-0.2, -0.15) is 5.10 Å². The molecule has 2 aromatic heterocycles. The van der Waals surface area contributed by atoms with Crippen LogP contribution in [0.25, 0.3) is 5.69 Å². The van der Waals surface area contributed by atoms with Gasteiger partial charge in [-0.05, 0) is 32.0 Å². The van der Waals surface area contributed by atoms with Crippen LogP contribution in [0.3, 0.4) is 0 Å². The number of hydrogen-bond acceptors (Lipinski definition) is 3. The molecule has 0 radical (unpaired) electrons. The smallest absolute Gasteiger partial charge is 0.250 e. The van der Waals surface area contributed by atoms with Crippen LogP contribution in [0.1, 0.15) is 17.0 Å². The number of nitrogens with one attached hydrogen (secondary N) is 1. The molecule has 2 heterocycles. The highest BCUT2D eigenvalue weighted by atomic mass is 16.2. The molecule has 25 heavy (non-hydrogen) atoms. The van der Waals surface area contributed by atoms with Gasteiger partial charge < -0.3 is 9.88 Å². The van der Waals surface area contributed by atoms with Crippen molar-refractivity contribution in [1.29, 1.82) is 0 Å². The van der Waals surface area contributed by atoms with Crippen molar-refractivity contribution in [3.05, 3.63) is 82.0 Å². The van der Waals surface area contributed by atoms with E-state index in [1.165, 1.54) is 10.6 Å². The molecule has 1 aromatic carbocycles. The number of carbonyl (C=O) groups excluding carboxylic acids is 1. The highest BCUT2D eigenvalue weighted by Gasteiger charge is 2.13. The molecule has 1 amide bonds. The van der Waals surface area contributed by atoms with Crippen LogP contribution in [0.2, 0.25) is 0 Å². The number of nitrogens with zero attached hydrogens (tertiary/aromatic N) is 3. The monoisotopic (exact) mass is 336 g/mol. The summed E-state index contributed by atoms with van der Waals surface area (Å²) in [6.07, 6.45) is 1.60. The van der Waals surface area contributed by atoms with E-state index in [-0.39, 0.29) is 18.0 Å². The first kappa shape index (κ1) is 16.7. The Labute approximate surface area is 145 Å². The third-order valence-corrected chi connectivity index (χ3v) is 4.12. The van der Waals surface area contributed by atoms with E-state index in [9.17, 15) is 9.59 Å². The first-order valence-corrected chi connectivity index (χ1v) is 8.09. The fraction of sp³-hybridized carbons (Fsp3) is 0.211. The molecule has 0 atom stereocenters. The zero-order valence-corrected chi connectivity index (χ0v) is 14.3.